The molecule has 0 N–H and O–H groups in total. The van der Waals surface area contributed by atoms with Crippen molar-refractivity contribution >= 4 is 17.9 Å². The topological polar surface area (TPSA) is 78.9 Å². The lowest BCUT2D eigenvalue weighted by molar-refractivity contribution is -0.166. The van der Waals surface area contributed by atoms with E-state index < -0.39 is 12.1 Å². The van der Waals surface area contributed by atoms with Crippen molar-refractivity contribution in [2.75, 3.05) is 13.2 Å². The summed E-state index contributed by atoms with van der Waals surface area (Å²) in [4.78, 5) is 37.7. The Hall–Kier alpha value is -4.19. The van der Waals surface area contributed by atoms with Crippen molar-refractivity contribution in [1.82, 2.24) is 0 Å². The van der Waals surface area contributed by atoms with Crippen molar-refractivity contribution in [1.29, 1.82) is 0 Å². The second-order valence-corrected chi connectivity index (χ2v) is 15.1. The van der Waals surface area contributed by atoms with E-state index in [9.17, 15) is 14.4 Å². The summed E-state index contributed by atoms with van der Waals surface area (Å²) in [6, 6.07) is 0. The summed E-state index contributed by atoms with van der Waals surface area (Å²) in [5.74, 6) is -1.13. The minimum absolute atomic E-state index is 0.117. The monoisotopic (exact) mass is 829 g/mol. The average molecular weight is 829 g/mol. The van der Waals surface area contributed by atoms with Crippen molar-refractivity contribution in [2.24, 2.45) is 0 Å². The molecule has 0 fully saturated rings. The highest BCUT2D eigenvalue weighted by Crippen LogP contribution is 2.12. The highest BCUT2D eigenvalue weighted by Gasteiger charge is 2.19. The van der Waals surface area contributed by atoms with Crippen LogP contribution in [0.1, 0.15) is 181 Å². The van der Waals surface area contributed by atoms with Crippen LogP contribution in [0, 0.1) is 0 Å². The molecule has 336 valence electrons. The van der Waals surface area contributed by atoms with Gasteiger partial charge in [-0.1, -0.05) is 206 Å². The lowest BCUT2D eigenvalue weighted by atomic mass is 10.1. The van der Waals surface area contributed by atoms with Crippen LogP contribution in [0.2, 0.25) is 0 Å². The van der Waals surface area contributed by atoms with Gasteiger partial charge in [0, 0.05) is 12.8 Å². The van der Waals surface area contributed by atoms with Gasteiger partial charge in [-0.05, 0) is 77.0 Å². The number of hydrogen-bond acceptors (Lipinski definition) is 6. The molecule has 0 spiro atoms. The van der Waals surface area contributed by atoms with E-state index in [4.69, 9.17) is 14.2 Å². The van der Waals surface area contributed by atoms with Gasteiger partial charge in [-0.15, -0.1) is 0 Å². The van der Waals surface area contributed by atoms with E-state index in [2.05, 4.69) is 81.5 Å². The first kappa shape index (κ1) is 55.8. The molecule has 0 bridgehead atoms. The molecule has 0 heterocycles. The molecule has 0 aliphatic heterocycles. The number of ether oxygens (including phenoxy) is 3. The SMILES string of the molecule is CC\C=C/C=C\C=C/C=C\C=C/CCCCCC(=O)OC(COC(=O)C/C=C\C/C=C\C/C=C\CC)COC(=O)CCCCCCC/C=C\C=C/CCCCCCCCC. The maximum absolute atomic E-state index is 12.7. The molecule has 0 aliphatic carbocycles. The van der Waals surface area contributed by atoms with Gasteiger partial charge in [-0.3, -0.25) is 14.4 Å². The number of rotatable bonds is 40. The number of hydrogen-bond donors (Lipinski definition) is 0. The Morgan fingerprint density at radius 2 is 0.783 bits per heavy atom. The summed E-state index contributed by atoms with van der Waals surface area (Å²) >= 11 is 0. The van der Waals surface area contributed by atoms with Crippen LogP contribution in [0.3, 0.4) is 0 Å². The second kappa shape index (κ2) is 47.5. The molecular formula is C54H84O6. The molecule has 1 unspecified atom stereocenters. The molecule has 6 heteroatoms. The highest BCUT2D eigenvalue weighted by atomic mass is 16.6. The summed E-state index contributed by atoms with van der Waals surface area (Å²) in [7, 11) is 0. The summed E-state index contributed by atoms with van der Waals surface area (Å²) in [5.41, 5.74) is 0. The summed E-state index contributed by atoms with van der Waals surface area (Å²) in [6.45, 7) is 6.19. The summed E-state index contributed by atoms with van der Waals surface area (Å²) < 4.78 is 16.5. The smallest absolute Gasteiger partial charge is 0.309 e. The van der Waals surface area contributed by atoms with E-state index in [-0.39, 0.29) is 38.0 Å². The molecule has 60 heavy (non-hydrogen) atoms. The maximum Gasteiger partial charge on any atom is 0.309 e. The number of allylic oxidation sites excluding steroid dienone is 19. The standard InChI is InChI=1S/C54H84O6/c1-4-7-10-13-16-19-21-23-25-26-27-29-30-32-35-38-41-44-47-53(56)59-50-51(49-58-52(55)46-43-40-37-34-18-15-12-9-6-3)60-54(57)48-45-42-39-36-33-31-28-24-22-20-17-14-11-8-5-2/h8-9,11-12,14,17-18,20,22,24-29,31,33-34,40,43,51H,4-7,10,13,15-16,19,21,23,30,32,35-39,41-42,44-50H2,1-3H3/b11-8-,12-9-,17-14-,22-20-,26-25-,28-24-,29-27-,33-31-,34-18-,43-40-. The van der Waals surface area contributed by atoms with Crippen LogP contribution >= 0.6 is 0 Å². The molecule has 0 aromatic carbocycles. The van der Waals surface area contributed by atoms with Crippen LogP contribution in [0.25, 0.3) is 0 Å². The second-order valence-electron chi connectivity index (χ2n) is 15.1. The number of carbonyl (C=O) groups excluding carboxylic acids is 3. The van der Waals surface area contributed by atoms with Crippen LogP contribution in [0.5, 0.6) is 0 Å². The molecule has 0 rings (SSSR count). The molecule has 6 nitrogen and oxygen atoms in total. The Morgan fingerprint density at radius 3 is 1.33 bits per heavy atom. The predicted octanol–water partition coefficient (Wildman–Crippen LogP) is 15.4. The Bertz CT molecular complexity index is 1320. The molecule has 0 radical (unpaired) electrons. The lowest BCUT2D eigenvalue weighted by Crippen LogP contribution is -2.30. The summed E-state index contributed by atoms with van der Waals surface area (Å²) in [6.07, 6.45) is 65.0. The minimum atomic E-state index is -0.844. The Kier molecular flexibility index (Phi) is 44.2. The molecule has 0 aromatic heterocycles. The number of esters is 3. The van der Waals surface area contributed by atoms with Crippen LogP contribution in [0.15, 0.2) is 122 Å². The van der Waals surface area contributed by atoms with Gasteiger partial charge in [-0.25, -0.2) is 0 Å². The Balaban J connectivity index is 4.52. The molecule has 0 saturated heterocycles. The van der Waals surface area contributed by atoms with E-state index in [1.165, 1.54) is 51.4 Å². The first-order valence-corrected chi connectivity index (χ1v) is 23.6. The third kappa shape index (κ3) is 44.9. The zero-order chi connectivity index (χ0) is 43.7. The number of unbranched alkanes of at least 4 members (excludes halogenated alkanes) is 15. The van der Waals surface area contributed by atoms with E-state index in [0.29, 0.717) is 12.8 Å². The van der Waals surface area contributed by atoms with Gasteiger partial charge in [0.2, 0.25) is 0 Å². The van der Waals surface area contributed by atoms with Crippen molar-refractivity contribution < 1.29 is 28.6 Å². The van der Waals surface area contributed by atoms with Gasteiger partial charge in [0.15, 0.2) is 6.10 Å². The number of carbonyl (C=O) groups is 3. The first-order chi connectivity index (χ1) is 29.5. The largest absolute Gasteiger partial charge is 0.462 e. The average Bonchev–Trinajstić information content (AvgIpc) is 3.24. The molecule has 1 atom stereocenters. The van der Waals surface area contributed by atoms with Crippen molar-refractivity contribution in [3.05, 3.63) is 122 Å². The van der Waals surface area contributed by atoms with E-state index in [0.717, 1.165) is 83.5 Å². The van der Waals surface area contributed by atoms with Crippen LogP contribution in [-0.4, -0.2) is 37.2 Å². The highest BCUT2D eigenvalue weighted by molar-refractivity contribution is 5.72. The van der Waals surface area contributed by atoms with Crippen LogP contribution in [-0.2, 0) is 28.6 Å². The molecule has 0 saturated carbocycles. The fourth-order valence-corrected chi connectivity index (χ4v) is 5.87. The van der Waals surface area contributed by atoms with Gasteiger partial charge < -0.3 is 14.2 Å². The fourth-order valence-electron chi connectivity index (χ4n) is 5.87. The van der Waals surface area contributed by atoms with Crippen LogP contribution in [0.4, 0.5) is 0 Å². The Morgan fingerprint density at radius 1 is 0.383 bits per heavy atom. The molecular weight excluding hydrogens is 745 g/mol. The quantitative estimate of drug-likeness (QED) is 0.0201. The lowest BCUT2D eigenvalue weighted by Gasteiger charge is -2.18. The zero-order valence-corrected chi connectivity index (χ0v) is 38.2. The fraction of sp³-hybridized carbons (Fsp3) is 0.574. The van der Waals surface area contributed by atoms with Gasteiger partial charge in [0.1, 0.15) is 13.2 Å². The van der Waals surface area contributed by atoms with Crippen molar-refractivity contribution in [2.45, 2.75) is 187 Å². The predicted molar refractivity (Wildman–Crippen MR) is 256 cm³/mol. The normalized spacial score (nSPS) is 13.2. The molecule has 0 aromatic rings. The third-order valence-electron chi connectivity index (χ3n) is 9.37. The zero-order valence-electron chi connectivity index (χ0n) is 38.2. The third-order valence-corrected chi connectivity index (χ3v) is 9.37. The molecule has 0 aliphatic rings. The van der Waals surface area contributed by atoms with Crippen molar-refractivity contribution in [3.63, 3.8) is 0 Å². The Labute approximate surface area is 367 Å². The maximum atomic E-state index is 12.7. The van der Waals surface area contributed by atoms with E-state index in [1.54, 1.807) is 6.08 Å². The molecule has 0 amide bonds. The van der Waals surface area contributed by atoms with Gasteiger partial charge in [0.25, 0.3) is 0 Å². The first-order valence-electron chi connectivity index (χ1n) is 23.6. The van der Waals surface area contributed by atoms with Gasteiger partial charge in [0.05, 0.1) is 6.42 Å². The van der Waals surface area contributed by atoms with Crippen LogP contribution < -0.4 is 0 Å². The van der Waals surface area contributed by atoms with Gasteiger partial charge in [-0.2, -0.15) is 0 Å². The van der Waals surface area contributed by atoms with Gasteiger partial charge >= 0.3 is 17.9 Å². The van der Waals surface area contributed by atoms with Crippen molar-refractivity contribution in [3.8, 4) is 0 Å². The summed E-state index contributed by atoms with van der Waals surface area (Å²) in [5, 5.41) is 0. The van der Waals surface area contributed by atoms with E-state index >= 15 is 0 Å². The minimum Gasteiger partial charge on any atom is -0.462 e. The van der Waals surface area contributed by atoms with E-state index in [1.807, 2.05) is 54.7 Å².